The Balaban J connectivity index is 3.19. The largest absolute Gasteiger partial charge is 0.478 e. The van der Waals surface area contributed by atoms with E-state index in [0.717, 1.165) is 16.4 Å². The van der Waals surface area contributed by atoms with Gasteiger partial charge in [-0.3, -0.25) is 0 Å². The number of carbonyl (C=O) groups excluding carboxylic acids is 1. The first kappa shape index (κ1) is 17.9. The Morgan fingerprint density at radius 3 is 2.52 bits per heavy atom. The summed E-state index contributed by atoms with van der Waals surface area (Å²) < 4.78 is 6.02. The second kappa shape index (κ2) is 8.36. The fourth-order valence-electron chi connectivity index (χ4n) is 2.03. The number of unbranched alkanes of at least 4 members (excludes halogenated alkanes) is 1. The number of carboxylic acids is 1. The molecule has 116 valence electrons. The molecule has 0 spiro atoms. The van der Waals surface area contributed by atoms with Gasteiger partial charge in [-0.25, -0.2) is 9.59 Å². The van der Waals surface area contributed by atoms with Gasteiger partial charge in [0.2, 0.25) is 0 Å². The molecule has 1 aromatic rings. The topological polar surface area (TPSA) is 63.6 Å². The molecule has 4 nitrogen and oxygen atoms in total. The molecule has 1 rings (SSSR count). The second-order valence-electron chi connectivity index (χ2n) is 5.34. The standard InChI is InChI=1S/C16H21IO4/c1-4-5-8-21-16(20)11-6-7-13(17)12(9-10(2)3)14(11)15(18)19/h6-7,10H,4-5,8-9H2,1-3H3,(H,18,19). The summed E-state index contributed by atoms with van der Waals surface area (Å²) in [6.45, 7) is 6.37. The lowest BCUT2D eigenvalue weighted by molar-refractivity contribution is 0.0489. The average Bonchev–Trinajstić information content (AvgIpc) is 2.40. The number of hydrogen-bond donors (Lipinski definition) is 1. The summed E-state index contributed by atoms with van der Waals surface area (Å²) in [7, 11) is 0. The molecule has 0 aliphatic carbocycles. The lowest BCUT2D eigenvalue weighted by Gasteiger charge is -2.15. The minimum absolute atomic E-state index is 0.0806. The maximum Gasteiger partial charge on any atom is 0.339 e. The van der Waals surface area contributed by atoms with Crippen LogP contribution < -0.4 is 0 Å². The zero-order valence-corrected chi connectivity index (χ0v) is 14.8. The van der Waals surface area contributed by atoms with Gasteiger partial charge in [-0.05, 0) is 59.0 Å². The summed E-state index contributed by atoms with van der Waals surface area (Å²) in [6.07, 6.45) is 2.32. The number of rotatable bonds is 7. The van der Waals surface area contributed by atoms with Crippen molar-refractivity contribution in [1.29, 1.82) is 0 Å². The van der Waals surface area contributed by atoms with Crippen molar-refractivity contribution < 1.29 is 19.4 Å². The van der Waals surface area contributed by atoms with Crippen LogP contribution in [0.15, 0.2) is 12.1 Å². The molecule has 0 aromatic heterocycles. The number of benzene rings is 1. The van der Waals surface area contributed by atoms with E-state index in [0.29, 0.717) is 24.5 Å². The molecule has 0 atom stereocenters. The van der Waals surface area contributed by atoms with Gasteiger partial charge in [0.1, 0.15) is 0 Å². The quantitative estimate of drug-likeness (QED) is 0.422. The first-order valence-corrected chi connectivity index (χ1v) is 8.18. The van der Waals surface area contributed by atoms with Gasteiger partial charge in [0.15, 0.2) is 0 Å². The maximum atomic E-state index is 12.1. The van der Waals surface area contributed by atoms with Crippen LogP contribution in [0, 0.1) is 9.49 Å². The zero-order valence-electron chi connectivity index (χ0n) is 12.6. The van der Waals surface area contributed by atoms with E-state index in [2.05, 4.69) is 22.6 Å². The molecule has 1 aromatic carbocycles. The fraction of sp³-hybridized carbons (Fsp3) is 0.500. The van der Waals surface area contributed by atoms with Gasteiger partial charge in [0, 0.05) is 3.57 Å². The third-order valence-corrected chi connectivity index (χ3v) is 4.04. The third-order valence-electron chi connectivity index (χ3n) is 3.03. The van der Waals surface area contributed by atoms with Gasteiger partial charge in [0.05, 0.1) is 17.7 Å². The summed E-state index contributed by atoms with van der Waals surface area (Å²) in [5.74, 6) is -1.32. The van der Waals surface area contributed by atoms with Gasteiger partial charge in [-0.1, -0.05) is 27.2 Å². The molecule has 0 heterocycles. The number of aromatic carboxylic acids is 1. The second-order valence-corrected chi connectivity index (χ2v) is 6.50. The van der Waals surface area contributed by atoms with Gasteiger partial charge in [-0.2, -0.15) is 0 Å². The van der Waals surface area contributed by atoms with Crippen LogP contribution in [0.25, 0.3) is 0 Å². The molecule has 0 saturated carbocycles. The molecule has 0 aliphatic rings. The molecule has 21 heavy (non-hydrogen) atoms. The van der Waals surface area contributed by atoms with E-state index in [1.54, 1.807) is 12.1 Å². The Morgan fingerprint density at radius 1 is 1.33 bits per heavy atom. The van der Waals surface area contributed by atoms with Crippen LogP contribution in [0.1, 0.15) is 59.9 Å². The highest BCUT2D eigenvalue weighted by atomic mass is 127. The predicted molar refractivity (Wildman–Crippen MR) is 89.9 cm³/mol. The molecule has 0 aliphatic heterocycles. The predicted octanol–water partition coefficient (Wildman–Crippen LogP) is 4.14. The van der Waals surface area contributed by atoms with Crippen molar-refractivity contribution in [3.8, 4) is 0 Å². The van der Waals surface area contributed by atoms with Gasteiger partial charge in [0.25, 0.3) is 0 Å². The minimum atomic E-state index is -1.08. The lowest BCUT2D eigenvalue weighted by atomic mass is 9.94. The van der Waals surface area contributed by atoms with Crippen LogP contribution in [0.2, 0.25) is 0 Å². The van der Waals surface area contributed by atoms with E-state index in [4.69, 9.17) is 4.74 Å². The Labute approximate surface area is 139 Å². The zero-order chi connectivity index (χ0) is 16.0. The van der Waals surface area contributed by atoms with E-state index in [1.165, 1.54) is 0 Å². The van der Waals surface area contributed by atoms with E-state index in [9.17, 15) is 14.7 Å². The summed E-state index contributed by atoms with van der Waals surface area (Å²) in [5, 5.41) is 9.49. The Hall–Kier alpha value is -1.11. The maximum absolute atomic E-state index is 12.1. The minimum Gasteiger partial charge on any atom is -0.478 e. The molecule has 1 N–H and O–H groups in total. The highest BCUT2D eigenvalue weighted by Crippen LogP contribution is 2.25. The number of carbonyl (C=O) groups is 2. The van der Waals surface area contributed by atoms with Crippen LogP contribution in [-0.4, -0.2) is 23.7 Å². The molecule has 0 amide bonds. The normalized spacial score (nSPS) is 10.7. The number of ether oxygens (including phenoxy) is 1. The van der Waals surface area contributed by atoms with E-state index in [1.807, 2.05) is 20.8 Å². The first-order chi connectivity index (χ1) is 9.88. The summed E-state index contributed by atoms with van der Waals surface area (Å²) in [6, 6.07) is 3.32. The molecule has 0 fully saturated rings. The van der Waals surface area contributed by atoms with Crippen molar-refractivity contribution in [2.24, 2.45) is 5.92 Å². The van der Waals surface area contributed by atoms with E-state index >= 15 is 0 Å². The smallest absolute Gasteiger partial charge is 0.339 e. The third kappa shape index (κ3) is 4.98. The number of esters is 1. The van der Waals surface area contributed by atoms with Gasteiger partial charge >= 0.3 is 11.9 Å². The first-order valence-electron chi connectivity index (χ1n) is 7.10. The number of halogens is 1. The van der Waals surface area contributed by atoms with Crippen molar-refractivity contribution in [2.45, 2.75) is 40.0 Å². The molecular formula is C16H21IO4. The SMILES string of the molecule is CCCCOC(=O)c1ccc(I)c(CC(C)C)c1C(=O)O. The van der Waals surface area contributed by atoms with Crippen molar-refractivity contribution in [1.82, 2.24) is 0 Å². The monoisotopic (exact) mass is 404 g/mol. The Morgan fingerprint density at radius 2 is 2.00 bits per heavy atom. The van der Waals surface area contributed by atoms with Crippen LogP contribution in [0.4, 0.5) is 0 Å². The Bertz CT molecular complexity index is 523. The summed E-state index contributed by atoms with van der Waals surface area (Å²) in [4.78, 5) is 23.7. The summed E-state index contributed by atoms with van der Waals surface area (Å²) in [5.41, 5.74) is 0.940. The van der Waals surface area contributed by atoms with E-state index < -0.39 is 11.9 Å². The van der Waals surface area contributed by atoms with Gasteiger partial charge < -0.3 is 9.84 Å². The van der Waals surface area contributed by atoms with E-state index in [-0.39, 0.29) is 11.1 Å². The van der Waals surface area contributed by atoms with Crippen molar-refractivity contribution >= 4 is 34.5 Å². The molecular weight excluding hydrogens is 383 g/mol. The number of hydrogen-bond acceptors (Lipinski definition) is 3. The van der Waals surface area contributed by atoms with Crippen molar-refractivity contribution in [2.75, 3.05) is 6.61 Å². The number of carboxylic acid groups (broad SMARTS) is 1. The van der Waals surface area contributed by atoms with Crippen LogP contribution in [-0.2, 0) is 11.2 Å². The summed E-state index contributed by atoms with van der Waals surface area (Å²) >= 11 is 2.11. The molecule has 0 radical (unpaired) electrons. The van der Waals surface area contributed by atoms with Gasteiger partial charge in [-0.15, -0.1) is 0 Å². The molecule has 0 unspecified atom stereocenters. The fourth-order valence-corrected chi connectivity index (χ4v) is 2.70. The lowest BCUT2D eigenvalue weighted by Crippen LogP contribution is -2.16. The molecule has 0 saturated heterocycles. The molecule has 0 bridgehead atoms. The Kier molecular flexibility index (Phi) is 7.14. The van der Waals surface area contributed by atoms with Crippen LogP contribution in [0.5, 0.6) is 0 Å². The van der Waals surface area contributed by atoms with Crippen molar-refractivity contribution in [3.05, 3.63) is 32.4 Å². The van der Waals surface area contributed by atoms with Crippen LogP contribution >= 0.6 is 22.6 Å². The average molecular weight is 404 g/mol. The highest BCUT2D eigenvalue weighted by molar-refractivity contribution is 14.1. The molecule has 5 heteroatoms. The van der Waals surface area contributed by atoms with Crippen molar-refractivity contribution in [3.63, 3.8) is 0 Å². The van der Waals surface area contributed by atoms with Crippen LogP contribution in [0.3, 0.4) is 0 Å². The highest BCUT2D eigenvalue weighted by Gasteiger charge is 2.23.